The van der Waals surface area contributed by atoms with Crippen LogP contribution in [0.3, 0.4) is 0 Å². The minimum absolute atomic E-state index is 0.0273. The van der Waals surface area contributed by atoms with Crippen molar-refractivity contribution in [2.24, 2.45) is 34.5 Å². The van der Waals surface area contributed by atoms with Crippen molar-refractivity contribution < 1.29 is 24.1 Å². The smallest absolute Gasteiger partial charge is 0.160 e. The minimum atomic E-state index is -0.682. The van der Waals surface area contributed by atoms with Crippen LogP contribution in [0.1, 0.15) is 91.9 Å². The third-order valence-corrected chi connectivity index (χ3v) is 12.0. The van der Waals surface area contributed by atoms with Crippen molar-refractivity contribution in [1.29, 1.82) is 0 Å². The largest absolute Gasteiger partial charge is 0.389 e. The Labute approximate surface area is 212 Å². The van der Waals surface area contributed by atoms with Crippen molar-refractivity contribution in [3.8, 4) is 0 Å². The van der Waals surface area contributed by atoms with Gasteiger partial charge in [-0.15, -0.1) is 0 Å². The van der Waals surface area contributed by atoms with Crippen LogP contribution in [0.5, 0.6) is 0 Å². The summed E-state index contributed by atoms with van der Waals surface area (Å²) in [5.41, 5.74) is -0.679. The first-order valence-electron chi connectivity index (χ1n) is 14.3. The summed E-state index contributed by atoms with van der Waals surface area (Å²) in [5.74, 6) is 1.80. The fourth-order valence-electron chi connectivity index (χ4n) is 9.94. The standard InChI is InChI=1S/C29H49NO5/c1-17(31)21-11-14-29(32)23-8-7-19-15-20(9-12-27(19,3)22(23)10-13-28(21,29)4)35-25-16-24(33-6)26(30-5)18(2)34-25/h18-26,30,32H,7-16H2,1-6H3/t18-,19+,20+,21+,22+,23-,24-,25+,26-,27+,28-,29+/m1/s1. The highest BCUT2D eigenvalue weighted by molar-refractivity contribution is 5.80. The Balaban J connectivity index is 1.26. The Hall–Kier alpha value is -0.530. The van der Waals surface area contributed by atoms with Gasteiger partial charge < -0.3 is 24.6 Å². The van der Waals surface area contributed by atoms with Gasteiger partial charge in [0.05, 0.1) is 30.0 Å². The quantitative estimate of drug-likeness (QED) is 0.553. The number of likely N-dealkylation sites (N-methyl/N-ethyl adjacent to an activating group) is 1. The number of carbonyl (C=O) groups is 1. The average Bonchev–Trinajstić information content (AvgIpc) is 3.10. The molecule has 1 heterocycles. The van der Waals surface area contributed by atoms with Crippen LogP contribution >= 0.6 is 0 Å². The second-order valence-corrected chi connectivity index (χ2v) is 13.2. The van der Waals surface area contributed by atoms with E-state index in [4.69, 9.17) is 14.2 Å². The molecule has 4 aliphatic carbocycles. The first kappa shape index (κ1) is 26.1. The predicted molar refractivity (Wildman–Crippen MR) is 135 cm³/mol. The van der Waals surface area contributed by atoms with Crippen LogP contribution in [0.2, 0.25) is 0 Å². The molecule has 5 aliphatic rings. The SMILES string of the molecule is CN[C@@H]1[C@@H](C)O[C@@H](O[C@H]2CC[C@@]3(C)[C@@H](CC[C@@H]4[C@@H]3CC[C@]3(C)[C@H](C(C)=O)CC[C@]43O)C2)C[C@H]1OC. The number of carbonyl (C=O) groups excluding carboxylic acids is 1. The normalized spacial score (nSPS) is 54.0. The van der Waals surface area contributed by atoms with E-state index in [2.05, 4.69) is 26.1 Å². The zero-order chi connectivity index (χ0) is 25.2. The van der Waals surface area contributed by atoms with Crippen molar-refractivity contribution in [3.63, 3.8) is 0 Å². The average molecular weight is 492 g/mol. The van der Waals surface area contributed by atoms with E-state index in [1.165, 1.54) is 0 Å². The first-order valence-corrected chi connectivity index (χ1v) is 14.3. The zero-order valence-corrected chi connectivity index (χ0v) is 22.8. The molecule has 0 radical (unpaired) electrons. The Morgan fingerprint density at radius 3 is 2.49 bits per heavy atom. The molecule has 0 bridgehead atoms. The summed E-state index contributed by atoms with van der Waals surface area (Å²) in [5, 5.41) is 15.5. The molecule has 0 amide bonds. The summed E-state index contributed by atoms with van der Waals surface area (Å²) < 4.78 is 18.6. The number of ether oxygens (including phenoxy) is 3. The van der Waals surface area contributed by atoms with Crippen LogP contribution in [-0.2, 0) is 19.0 Å². The molecule has 5 fully saturated rings. The Morgan fingerprint density at radius 2 is 1.80 bits per heavy atom. The van der Waals surface area contributed by atoms with Crippen LogP contribution < -0.4 is 5.32 Å². The lowest BCUT2D eigenvalue weighted by Gasteiger charge is -2.63. The van der Waals surface area contributed by atoms with Crippen LogP contribution in [0, 0.1) is 34.5 Å². The van der Waals surface area contributed by atoms with Gasteiger partial charge in [0.2, 0.25) is 0 Å². The van der Waals surface area contributed by atoms with E-state index in [1.54, 1.807) is 14.0 Å². The van der Waals surface area contributed by atoms with Gasteiger partial charge >= 0.3 is 0 Å². The second-order valence-electron chi connectivity index (χ2n) is 13.2. The van der Waals surface area contributed by atoms with Crippen molar-refractivity contribution in [1.82, 2.24) is 5.32 Å². The number of Topliss-reactive ketones (excluding diaryl/α,β-unsaturated/α-hetero) is 1. The van der Waals surface area contributed by atoms with Gasteiger partial charge in [0.15, 0.2) is 6.29 Å². The summed E-state index contributed by atoms with van der Waals surface area (Å²) >= 11 is 0. The Kier molecular flexibility index (Phi) is 6.96. The second kappa shape index (κ2) is 9.34. The van der Waals surface area contributed by atoms with Gasteiger partial charge in [-0.2, -0.15) is 0 Å². The van der Waals surface area contributed by atoms with E-state index in [0.717, 1.165) is 64.2 Å². The minimum Gasteiger partial charge on any atom is -0.389 e. The molecule has 200 valence electrons. The highest BCUT2D eigenvalue weighted by Crippen LogP contribution is 2.69. The van der Waals surface area contributed by atoms with E-state index in [9.17, 15) is 9.90 Å². The zero-order valence-electron chi connectivity index (χ0n) is 22.8. The summed E-state index contributed by atoms with van der Waals surface area (Å²) in [7, 11) is 3.74. The van der Waals surface area contributed by atoms with Crippen molar-refractivity contribution in [3.05, 3.63) is 0 Å². The molecule has 2 N–H and O–H groups in total. The van der Waals surface area contributed by atoms with Gasteiger partial charge in [-0.25, -0.2) is 0 Å². The number of aliphatic hydroxyl groups is 1. The lowest BCUT2D eigenvalue weighted by Crippen LogP contribution is -2.62. The third-order valence-electron chi connectivity index (χ3n) is 12.0. The molecule has 0 spiro atoms. The van der Waals surface area contributed by atoms with Crippen LogP contribution in [-0.4, -0.2) is 61.3 Å². The molecule has 0 aromatic carbocycles. The van der Waals surface area contributed by atoms with Gasteiger partial charge in [-0.1, -0.05) is 13.8 Å². The number of ketones is 1. The maximum absolute atomic E-state index is 12.4. The molecular weight excluding hydrogens is 442 g/mol. The van der Waals surface area contributed by atoms with Gasteiger partial charge in [0.1, 0.15) is 5.78 Å². The number of nitrogens with one attached hydrogen (secondary N) is 1. The highest BCUT2D eigenvalue weighted by atomic mass is 16.7. The van der Waals surface area contributed by atoms with E-state index >= 15 is 0 Å². The molecule has 35 heavy (non-hydrogen) atoms. The number of hydrogen-bond donors (Lipinski definition) is 2. The monoisotopic (exact) mass is 491 g/mol. The maximum atomic E-state index is 12.4. The fourth-order valence-corrected chi connectivity index (χ4v) is 9.94. The molecule has 0 aromatic rings. The van der Waals surface area contributed by atoms with E-state index in [1.807, 2.05) is 7.05 Å². The topological polar surface area (TPSA) is 77.0 Å². The van der Waals surface area contributed by atoms with Gasteiger partial charge in [0, 0.05) is 24.9 Å². The molecule has 5 rings (SSSR count). The molecule has 4 saturated carbocycles. The Morgan fingerprint density at radius 1 is 1.03 bits per heavy atom. The van der Waals surface area contributed by atoms with E-state index < -0.39 is 5.60 Å². The third kappa shape index (κ3) is 3.96. The van der Waals surface area contributed by atoms with Crippen molar-refractivity contribution in [2.75, 3.05) is 14.2 Å². The van der Waals surface area contributed by atoms with Crippen LogP contribution in [0.4, 0.5) is 0 Å². The molecule has 6 nitrogen and oxygen atoms in total. The summed E-state index contributed by atoms with van der Waals surface area (Å²) in [6.45, 7) is 8.56. The van der Waals surface area contributed by atoms with Gasteiger partial charge in [0.25, 0.3) is 0 Å². The lowest BCUT2D eigenvalue weighted by atomic mass is 9.43. The van der Waals surface area contributed by atoms with Crippen LogP contribution in [0.15, 0.2) is 0 Å². The molecule has 1 saturated heterocycles. The first-order chi connectivity index (χ1) is 16.6. The molecule has 1 aliphatic heterocycles. The molecule has 6 heteroatoms. The molecule has 0 unspecified atom stereocenters. The van der Waals surface area contributed by atoms with Gasteiger partial charge in [-0.3, -0.25) is 4.79 Å². The Bertz CT molecular complexity index is 806. The number of methoxy groups -OCH3 is 1. The number of fused-ring (bicyclic) bond motifs is 5. The fraction of sp³-hybridized carbons (Fsp3) is 0.966. The highest BCUT2D eigenvalue weighted by Gasteiger charge is 2.67. The van der Waals surface area contributed by atoms with Crippen LogP contribution in [0.25, 0.3) is 0 Å². The maximum Gasteiger partial charge on any atom is 0.160 e. The van der Waals surface area contributed by atoms with Crippen molar-refractivity contribution in [2.45, 2.75) is 128 Å². The summed E-state index contributed by atoms with van der Waals surface area (Å²) in [6, 6.07) is 0.186. The molecular formula is C29H49NO5. The predicted octanol–water partition coefficient (Wildman–Crippen LogP) is 4.47. The van der Waals surface area contributed by atoms with Crippen molar-refractivity contribution >= 4 is 5.78 Å². The molecule has 0 aromatic heterocycles. The van der Waals surface area contributed by atoms with E-state index in [-0.39, 0.29) is 53.2 Å². The number of rotatable bonds is 5. The van der Waals surface area contributed by atoms with Gasteiger partial charge in [-0.05, 0) is 102 Å². The van der Waals surface area contributed by atoms with E-state index in [0.29, 0.717) is 17.8 Å². The summed E-state index contributed by atoms with van der Waals surface area (Å²) in [4.78, 5) is 12.4. The summed E-state index contributed by atoms with van der Waals surface area (Å²) in [6.07, 6.45) is 10.3. The number of hydrogen-bond acceptors (Lipinski definition) is 6. The lowest BCUT2D eigenvalue weighted by molar-refractivity contribution is -0.257. The molecule has 12 atom stereocenters.